The lowest BCUT2D eigenvalue weighted by atomic mass is 10.1. The third-order valence-corrected chi connectivity index (χ3v) is 3.45. The Morgan fingerprint density at radius 2 is 2.05 bits per heavy atom. The fraction of sp³-hybridized carbons (Fsp3) is 0.214. The van der Waals surface area contributed by atoms with Gasteiger partial charge in [-0.05, 0) is 18.1 Å². The Hall–Kier alpha value is -2.01. The summed E-state index contributed by atoms with van der Waals surface area (Å²) in [5.74, 6) is 1.13. The molecule has 2 aromatic rings. The molecule has 1 aromatic carbocycles. The smallest absolute Gasteiger partial charge is 0.223 e. The maximum Gasteiger partial charge on any atom is 0.223 e. The van der Waals surface area contributed by atoms with Crippen LogP contribution in [0.4, 0.5) is 5.95 Å². The van der Waals surface area contributed by atoms with Crippen molar-refractivity contribution < 1.29 is 0 Å². The third kappa shape index (κ3) is 2.71. The lowest BCUT2D eigenvalue weighted by Gasteiger charge is -2.05. The van der Waals surface area contributed by atoms with Crippen molar-refractivity contribution in [2.45, 2.75) is 18.4 Å². The van der Waals surface area contributed by atoms with E-state index in [-0.39, 0.29) is 0 Å². The van der Waals surface area contributed by atoms with Crippen LogP contribution in [0.1, 0.15) is 23.6 Å². The first-order chi connectivity index (χ1) is 9.24. The Bertz CT molecular complexity index is 599. The molecule has 19 heavy (non-hydrogen) atoms. The highest BCUT2D eigenvalue weighted by Gasteiger charge is 2.38. The van der Waals surface area contributed by atoms with Crippen LogP contribution in [0, 0.1) is 0 Å². The van der Waals surface area contributed by atoms with E-state index in [9.17, 15) is 0 Å². The molecule has 0 bridgehead atoms. The minimum Gasteiger partial charge on any atom is -0.388 e. The molecule has 3 rings (SSSR count). The zero-order valence-electron chi connectivity index (χ0n) is 10.3. The summed E-state index contributed by atoms with van der Waals surface area (Å²) in [5.41, 5.74) is 7.51. The van der Waals surface area contributed by atoms with Gasteiger partial charge in [-0.1, -0.05) is 42.5 Å². The summed E-state index contributed by atoms with van der Waals surface area (Å²) in [4.78, 5) is 8.78. The normalized spacial score (nSPS) is 20.8. The highest BCUT2D eigenvalue weighted by atomic mass is 32.1. The number of thiocarbonyl (C=S) groups is 1. The number of benzene rings is 1. The van der Waals surface area contributed by atoms with Gasteiger partial charge in [0.25, 0.3) is 0 Å². The largest absolute Gasteiger partial charge is 0.388 e. The number of hydrogen-bond acceptors (Lipinski definition) is 4. The van der Waals surface area contributed by atoms with Gasteiger partial charge < -0.3 is 11.1 Å². The van der Waals surface area contributed by atoms with E-state index in [0.717, 1.165) is 6.42 Å². The minimum atomic E-state index is 0.292. The van der Waals surface area contributed by atoms with Crippen molar-refractivity contribution in [1.29, 1.82) is 0 Å². The van der Waals surface area contributed by atoms with Crippen LogP contribution in [0.2, 0.25) is 0 Å². The highest BCUT2D eigenvalue weighted by molar-refractivity contribution is 7.80. The molecular weight excluding hydrogens is 256 g/mol. The lowest BCUT2D eigenvalue weighted by Crippen LogP contribution is -2.14. The summed E-state index contributed by atoms with van der Waals surface area (Å²) in [6.45, 7) is 0. The maximum atomic E-state index is 5.56. The minimum absolute atomic E-state index is 0.292. The Morgan fingerprint density at radius 1 is 1.26 bits per heavy atom. The van der Waals surface area contributed by atoms with Crippen LogP contribution >= 0.6 is 12.2 Å². The molecular formula is C14H14N4S. The van der Waals surface area contributed by atoms with Gasteiger partial charge in [0, 0.05) is 18.2 Å². The average molecular weight is 270 g/mol. The van der Waals surface area contributed by atoms with Crippen LogP contribution < -0.4 is 11.1 Å². The van der Waals surface area contributed by atoms with E-state index in [1.54, 1.807) is 12.3 Å². The molecule has 0 amide bonds. The molecule has 0 spiro atoms. The van der Waals surface area contributed by atoms with E-state index < -0.39 is 0 Å². The molecule has 3 N–H and O–H groups in total. The molecule has 1 aliphatic rings. The SMILES string of the molecule is NC(=S)c1ccnc(NC2CC2c2ccccc2)n1. The van der Waals surface area contributed by atoms with Gasteiger partial charge in [0.2, 0.25) is 5.95 Å². The van der Waals surface area contributed by atoms with E-state index in [1.807, 2.05) is 6.07 Å². The number of aromatic nitrogens is 2. The lowest BCUT2D eigenvalue weighted by molar-refractivity contribution is 0.999. The highest BCUT2D eigenvalue weighted by Crippen LogP contribution is 2.42. The quantitative estimate of drug-likeness (QED) is 0.833. The second-order valence-electron chi connectivity index (χ2n) is 4.63. The number of anilines is 1. The molecule has 2 atom stereocenters. The Morgan fingerprint density at radius 3 is 2.79 bits per heavy atom. The molecule has 1 saturated carbocycles. The fourth-order valence-electron chi connectivity index (χ4n) is 2.15. The molecule has 5 heteroatoms. The van der Waals surface area contributed by atoms with E-state index in [2.05, 4.69) is 39.6 Å². The molecule has 2 unspecified atom stereocenters. The molecule has 0 saturated heterocycles. The summed E-state index contributed by atoms with van der Waals surface area (Å²) < 4.78 is 0. The van der Waals surface area contributed by atoms with Gasteiger partial charge in [-0.15, -0.1) is 0 Å². The molecule has 96 valence electrons. The van der Waals surface area contributed by atoms with Crippen molar-refractivity contribution in [2.75, 3.05) is 5.32 Å². The monoisotopic (exact) mass is 270 g/mol. The van der Waals surface area contributed by atoms with E-state index in [1.165, 1.54) is 5.56 Å². The summed E-state index contributed by atoms with van der Waals surface area (Å²) in [6, 6.07) is 12.6. The molecule has 0 aliphatic heterocycles. The zero-order chi connectivity index (χ0) is 13.2. The van der Waals surface area contributed by atoms with Crippen LogP contribution in [-0.2, 0) is 0 Å². The standard InChI is InChI=1S/C14H14N4S/c15-13(19)11-6-7-16-14(17-11)18-12-8-10(12)9-4-2-1-3-5-9/h1-7,10,12H,8H2,(H2,15,19)(H,16,17,18). The Balaban J connectivity index is 1.68. The van der Waals surface area contributed by atoms with Crippen LogP contribution in [0.5, 0.6) is 0 Å². The second-order valence-corrected chi connectivity index (χ2v) is 5.07. The van der Waals surface area contributed by atoms with Crippen molar-refractivity contribution in [1.82, 2.24) is 9.97 Å². The first-order valence-corrected chi connectivity index (χ1v) is 6.59. The van der Waals surface area contributed by atoms with Gasteiger partial charge in [0.1, 0.15) is 10.7 Å². The van der Waals surface area contributed by atoms with Crippen molar-refractivity contribution in [3.05, 3.63) is 53.9 Å². The van der Waals surface area contributed by atoms with E-state index in [0.29, 0.717) is 28.6 Å². The third-order valence-electron chi connectivity index (χ3n) is 3.24. The molecule has 4 nitrogen and oxygen atoms in total. The van der Waals surface area contributed by atoms with Crippen LogP contribution in [-0.4, -0.2) is 21.0 Å². The number of nitrogens with two attached hydrogens (primary N) is 1. The first-order valence-electron chi connectivity index (χ1n) is 6.18. The van der Waals surface area contributed by atoms with Crippen molar-refractivity contribution in [2.24, 2.45) is 5.73 Å². The van der Waals surface area contributed by atoms with Gasteiger partial charge in [-0.25, -0.2) is 9.97 Å². The van der Waals surface area contributed by atoms with Gasteiger partial charge >= 0.3 is 0 Å². The van der Waals surface area contributed by atoms with Crippen LogP contribution in [0.3, 0.4) is 0 Å². The van der Waals surface area contributed by atoms with E-state index >= 15 is 0 Å². The van der Waals surface area contributed by atoms with Gasteiger partial charge in [0.05, 0.1) is 0 Å². The van der Waals surface area contributed by atoms with Crippen molar-refractivity contribution >= 4 is 23.2 Å². The number of rotatable bonds is 4. The Kier molecular flexibility index (Phi) is 3.13. The topological polar surface area (TPSA) is 63.8 Å². The summed E-state index contributed by atoms with van der Waals surface area (Å²) in [6.07, 6.45) is 2.77. The molecule has 0 radical (unpaired) electrons. The number of hydrogen-bond donors (Lipinski definition) is 2. The van der Waals surface area contributed by atoms with Crippen LogP contribution in [0.25, 0.3) is 0 Å². The molecule has 1 fully saturated rings. The van der Waals surface area contributed by atoms with Gasteiger partial charge in [0.15, 0.2) is 0 Å². The summed E-state index contributed by atoms with van der Waals surface area (Å²) in [5, 5.41) is 3.32. The molecule has 1 aliphatic carbocycles. The maximum absolute atomic E-state index is 5.56. The number of nitrogens with zero attached hydrogens (tertiary/aromatic N) is 2. The zero-order valence-corrected chi connectivity index (χ0v) is 11.1. The van der Waals surface area contributed by atoms with Crippen molar-refractivity contribution in [3.63, 3.8) is 0 Å². The summed E-state index contributed by atoms with van der Waals surface area (Å²) in [7, 11) is 0. The van der Waals surface area contributed by atoms with Crippen molar-refractivity contribution in [3.8, 4) is 0 Å². The Labute approximate surface area is 117 Å². The summed E-state index contributed by atoms with van der Waals surface area (Å²) >= 11 is 4.91. The predicted molar refractivity (Wildman–Crippen MR) is 79.1 cm³/mol. The van der Waals surface area contributed by atoms with E-state index in [4.69, 9.17) is 18.0 Å². The van der Waals surface area contributed by atoms with Gasteiger partial charge in [-0.3, -0.25) is 0 Å². The molecule has 1 aromatic heterocycles. The predicted octanol–water partition coefficient (Wildman–Crippen LogP) is 2.08. The average Bonchev–Trinajstić information content (AvgIpc) is 3.19. The molecule has 1 heterocycles. The second kappa shape index (κ2) is 4.93. The van der Waals surface area contributed by atoms with Crippen LogP contribution in [0.15, 0.2) is 42.6 Å². The first kappa shape index (κ1) is 12.0. The van der Waals surface area contributed by atoms with Gasteiger partial charge in [-0.2, -0.15) is 0 Å². The fourth-order valence-corrected chi connectivity index (χ4v) is 2.27. The number of nitrogens with one attached hydrogen (secondary N) is 1.